The van der Waals surface area contributed by atoms with Crippen molar-refractivity contribution in [2.75, 3.05) is 0 Å². The minimum absolute atomic E-state index is 0.431. The third-order valence-corrected chi connectivity index (χ3v) is 2.36. The van der Waals surface area contributed by atoms with Gasteiger partial charge in [0.2, 0.25) is 0 Å². The number of para-hydroxylation sites is 1. The molecule has 1 heterocycles. The number of rotatable bonds is 2. The van der Waals surface area contributed by atoms with Crippen LogP contribution >= 0.6 is 0 Å². The fourth-order valence-electron chi connectivity index (χ4n) is 1.71. The minimum Gasteiger partial charge on any atom is -0.461 e. The highest BCUT2D eigenvalue weighted by atomic mass is 16.3. The maximum absolute atomic E-state index is 8.73. The van der Waals surface area contributed by atoms with Gasteiger partial charge in [-0.05, 0) is 6.07 Å². The number of nitriles is 1. The number of aryl methyl sites for hydroxylation is 1. The molecule has 0 saturated carbocycles. The van der Waals surface area contributed by atoms with Gasteiger partial charge in [0, 0.05) is 17.4 Å². The molecule has 0 aliphatic rings. The predicted molar refractivity (Wildman–Crippen MR) is 54.9 cm³/mol. The monoisotopic (exact) mass is 185 g/mol. The summed E-state index contributed by atoms with van der Waals surface area (Å²) >= 11 is 0. The Kier molecular flexibility index (Phi) is 2.24. The van der Waals surface area contributed by atoms with Gasteiger partial charge >= 0.3 is 0 Å². The highest BCUT2D eigenvalue weighted by molar-refractivity contribution is 5.82. The van der Waals surface area contributed by atoms with Crippen LogP contribution in [0.2, 0.25) is 0 Å². The average Bonchev–Trinajstić information content (AvgIpc) is 2.58. The second-order valence-electron chi connectivity index (χ2n) is 3.19. The number of nitrogens with zero attached hydrogens (tertiary/aromatic N) is 1. The molecule has 14 heavy (non-hydrogen) atoms. The summed E-state index contributed by atoms with van der Waals surface area (Å²) < 4.78 is 5.65. The molecule has 0 amide bonds. The summed E-state index contributed by atoms with van der Waals surface area (Å²) in [4.78, 5) is 0. The predicted octanol–water partition coefficient (Wildman–Crippen LogP) is 3.06. The van der Waals surface area contributed by atoms with Gasteiger partial charge in [0.25, 0.3) is 0 Å². The van der Waals surface area contributed by atoms with Gasteiger partial charge in [0.05, 0.1) is 12.5 Å². The Bertz CT molecular complexity index is 490. The van der Waals surface area contributed by atoms with Crippen LogP contribution in [0.3, 0.4) is 0 Å². The van der Waals surface area contributed by atoms with E-state index in [0.717, 1.165) is 28.7 Å². The van der Waals surface area contributed by atoms with Crippen LogP contribution < -0.4 is 0 Å². The van der Waals surface area contributed by atoms with E-state index in [2.05, 4.69) is 6.07 Å². The van der Waals surface area contributed by atoms with Crippen LogP contribution in [0.15, 0.2) is 28.7 Å². The number of hydrogen-bond donors (Lipinski definition) is 0. The molecule has 0 fully saturated rings. The Morgan fingerprint density at radius 1 is 1.36 bits per heavy atom. The molecule has 0 aliphatic heterocycles. The lowest BCUT2D eigenvalue weighted by molar-refractivity contribution is 0.552. The summed E-state index contributed by atoms with van der Waals surface area (Å²) in [6, 6.07) is 10.0. The van der Waals surface area contributed by atoms with Crippen molar-refractivity contribution >= 4 is 11.0 Å². The van der Waals surface area contributed by atoms with E-state index in [1.807, 2.05) is 31.2 Å². The number of benzene rings is 1. The van der Waals surface area contributed by atoms with Crippen molar-refractivity contribution in [2.24, 2.45) is 0 Å². The molecule has 0 radical (unpaired) electrons. The summed E-state index contributed by atoms with van der Waals surface area (Å²) in [5.74, 6) is 0.938. The van der Waals surface area contributed by atoms with Gasteiger partial charge in [-0.3, -0.25) is 0 Å². The van der Waals surface area contributed by atoms with E-state index in [9.17, 15) is 0 Å². The Morgan fingerprint density at radius 2 is 2.14 bits per heavy atom. The molecule has 1 aromatic heterocycles. The molecule has 70 valence electrons. The summed E-state index contributed by atoms with van der Waals surface area (Å²) in [5.41, 5.74) is 1.93. The molecule has 0 spiro atoms. The van der Waals surface area contributed by atoms with Crippen LogP contribution in [-0.2, 0) is 12.8 Å². The van der Waals surface area contributed by atoms with Gasteiger partial charge in [-0.1, -0.05) is 25.1 Å². The summed E-state index contributed by atoms with van der Waals surface area (Å²) in [7, 11) is 0. The quantitative estimate of drug-likeness (QED) is 0.721. The van der Waals surface area contributed by atoms with E-state index in [-0.39, 0.29) is 0 Å². The largest absolute Gasteiger partial charge is 0.461 e. The maximum Gasteiger partial charge on any atom is 0.134 e. The highest BCUT2D eigenvalue weighted by Gasteiger charge is 2.11. The molecule has 2 nitrogen and oxygen atoms in total. The molecule has 1 aromatic carbocycles. The molecule has 0 aliphatic carbocycles. The highest BCUT2D eigenvalue weighted by Crippen LogP contribution is 2.26. The van der Waals surface area contributed by atoms with Gasteiger partial charge in [-0.2, -0.15) is 5.26 Å². The summed E-state index contributed by atoms with van der Waals surface area (Å²) in [5, 5.41) is 9.80. The van der Waals surface area contributed by atoms with Crippen molar-refractivity contribution in [1.29, 1.82) is 5.26 Å². The van der Waals surface area contributed by atoms with E-state index >= 15 is 0 Å². The van der Waals surface area contributed by atoms with Gasteiger partial charge in [-0.15, -0.1) is 0 Å². The van der Waals surface area contributed by atoms with E-state index in [1.165, 1.54) is 0 Å². The first-order valence-corrected chi connectivity index (χ1v) is 4.73. The fourth-order valence-corrected chi connectivity index (χ4v) is 1.71. The van der Waals surface area contributed by atoms with Crippen molar-refractivity contribution in [3.8, 4) is 6.07 Å². The van der Waals surface area contributed by atoms with Gasteiger partial charge in [-0.25, -0.2) is 0 Å². The van der Waals surface area contributed by atoms with E-state index in [1.54, 1.807) is 0 Å². The molecule has 0 atom stereocenters. The molecule has 0 bridgehead atoms. The lowest BCUT2D eigenvalue weighted by Gasteiger charge is -1.92. The summed E-state index contributed by atoms with van der Waals surface area (Å²) in [6.07, 6.45) is 1.27. The normalized spacial score (nSPS) is 10.3. The van der Waals surface area contributed by atoms with Crippen molar-refractivity contribution in [3.05, 3.63) is 35.6 Å². The van der Waals surface area contributed by atoms with Crippen molar-refractivity contribution in [3.63, 3.8) is 0 Å². The van der Waals surface area contributed by atoms with Crippen molar-refractivity contribution in [2.45, 2.75) is 19.8 Å². The van der Waals surface area contributed by atoms with Crippen LogP contribution in [-0.4, -0.2) is 0 Å². The number of furan rings is 1. The summed E-state index contributed by atoms with van der Waals surface area (Å²) in [6.45, 7) is 2.04. The molecule has 0 unspecified atom stereocenters. The zero-order valence-corrected chi connectivity index (χ0v) is 8.08. The first kappa shape index (κ1) is 8.83. The van der Waals surface area contributed by atoms with E-state index in [4.69, 9.17) is 9.68 Å². The lowest BCUT2D eigenvalue weighted by atomic mass is 10.1. The van der Waals surface area contributed by atoms with Crippen LogP contribution in [0.4, 0.5) is 0 Å². The topological polar surface area (TPSA) is 36.9 Å². The Morgan fingerprint density at radius 3 is 2.86 bits per heavy atom. The van der Waals surface area contributed by atoms with Gasteiger partial charge in [0.1, 0.15) is 11.3 Å². The Balaban J connectivity index is 2.69. The van der Waals surface area contributed by atoms with Crippen LogP contribution in [0.1, 0.15) is 18.2 Å². The third-order valence-electron chi connectivity index (χ3n) is 2.36. The fraction of sp³-hybridized carbons (Fsp3) is 0.250. The molecule has 2 heteroatoms. The lowest BCUT2D eigenvalue weighted by Crippen LogP contribution is -1.85. The molecule has 0 N–H and O–H groups in total. The standard InChI is InChI=1S/C12H11NO/c1-2-11-10(7-8-13)9-5-3-4-6-12(9)14-11/h3-6H,2,7H2,1H3. The van der Waals surface area contributed by atoms with Crippen LogP contribution in [0.25, 0.3) is 11.0 Å². The Labute approximate surface area is 82.8 Å². The SMILES string of the molecule is CCc1oc2ccccc2c1CC#N. The Hall–Kier alpha value is -1.75. The van der Waals surface area contributed by atoms with Crippen LogP contribution in [0, 0.1) is 11.3 Å². The smallest absolute Gasteiger partial charge is 0.134 e. The van der Waals surface area contributed by atoms with Crippen LogP contribution in [0.5, 0.6) is 0 Å². The third kappa shape index (κ3) is 1.27. The zero-order chi connectivity index (χ0) is 9.97. The molecule has 2 rings (SSSR count). The number of fused-ring (bicyclic) bond motifs is 1. The maximum atomic E-state index is 8.73. The first-order chi connectivity index (χ1) is 6.86. The van der Waals surface area contributed by atoms with E-state index < -0.39 is 0 Å². The zero-order valence-electron chi connectivity index (χ0n) is 8.08. The van der Waals surface area contributed by atoms with E-state index in [0.29, 0.717) is 6.42 Å². The number of hydrogen-bond acceptors (Lipinski definition) is 2. The average molecular weight is 185 g/mol. The molecule has 2 aromatic rings. The first-order valence-electron chi connectivity index (χ1n) is 4.73. The molecular weight excluding hydrogens is 174 g/mol. The minimum atomic E-state index is 0.431. The molecular formula is C12H11NO. The molecule has 0 saturated heterocycles. The van der Waals surface area contributed by atoms with Crippen molar-refractivity contribution in [1.82, 2.24) is 0 Å². The second-order valence-corrected chi connectivity index (χ2v) is 3.19. The van der Waals surface area contributed by atoms with Gasteiger partial charge < -0.3 is 4.42 Å². The second kappa shape index (κ2) is 3.55. The van der Waals surface area contributed by atoms with Crippen molar-refractivity contribution < 1.29 is 4.42 Å². The van der Waals surface area contributed by atoms with Gasteiger partial charge in [0.15, 0.2) is 0 Å².